The Morgan fingerprint density at radius 1 is 1.43 bits per heavy atom. The summed E-state index contributed by atoms with van der Waals surface area (Å²) in [7, 11) is 1.66. The van der Waals surface area contributed by atoms with Crippen molar-refractivity contribution in [1.29, 1.82) is 0 Å². The van der Waals surface area contributed by atoms with Crippen molar-refractivity contribution >= 4 is 0 Å². The number of methoxy groups -OCH3 is 1. The molecule has 0 radical (unpaired) electrons. The van der Waals surface area contributed by atoms with Gasteiger partial charge >= 0.3 is 0 Å². The molecule has 14 heavy (non-hydrogen) atoms. The van der Waals surface area contributed by atoms with Crippen LogP contribution in [0.25, 0.3) is 0 Å². The van der Waals surface area contributed by atoms with Crippen LogP contribution in [0.5, 0.6) is 0 Å². The van der Waals surface area contributed by atoms with Crippen molar-refractivity contribution in [3.63, 3.8) is 0 Å². The van der Waals surface area contributed by atoms with E-state index in [0.29, 0.717) is 26.4 Å². The van der Waals surface area contributed by atoms with E-state index in [1.807, 2.05) is 4.57 Å². The minimum Gasteiger partial charge on any atom is -0.382 e. The molecule has 0 fully saturated rings. The zero-order chi connectivity index (χ0) is 10.2. The predicted octanol–water partition coefficient (Wildman–Crippen LogP) is 0.00480. The summed E-state index contributed by atoms with van der Waals surface area (Å²) >= 11 is 0. The molecule has 0 saturated carbocycles. The molecule has 1 heterocycles. The molecule has 0 atom stereocenters. The fraction of sp³-hybridized carbons (Fsp3) is 0.667. The maximum absolute atomic E-state index is 5.53. The third kappa shape index (κ3) is 3.45. The fourth-order valence-corrected chi connectivity index (χ4v) is 1.13. The Balaban J connectivity index is 2.17. The predicted molar refractivity (Wildman–Crippen MR) is 52.8 cm³/mol. The number of hydrogen-bond acceptors (Lipinski definition) is 4. The average molecular weight is 199 g/mol. The van der Waals surface area contributed by atoms with Crippen LogP contribution in [0.2, 0.25) is 0 Å². The molecule has 0 saturated heterocycles. The number of nitrogens with two attached hydrogens (primary N) is 1. The zero-order valence-corrected chi connectivity index (χ0v) is 8.48. The van der Waals surface area contributed by atoms with Gasteiger partial charge in [0.2, 0.25) is 0 Å². The summed E-state index contributed by atoms with van der Waals surface area (Å²) in [4.78, 5) is 4.01. The quantitative estimate of drug-likeness (QED) is 0.628. The highest BCUT2D eigenvalue weighted by Crippen LogP contribution is 1.97. The Kier molecular flexibility index (Phi) is 5.21. The van der Waals surface area contributed by atoms with E-state index in [0.717, 1.165) is 12.2 Å². The average Bonchev–Trinajstić information content (AvgIpc) is 2.65. The molecule has 80 valence electrons. The molecular formula is C9H17N3O2. The van der Waals surface area contributed by atoms with Crippen molar-refractivity contribution in [3.05, 3.63) is 18.2 Å². The highest BCUT2D eigenvalue weighted by molar-refractivity contribution is 4.96. The van der Waals surface area contributed by atoms with Gasteiger partial charge in [0, 0.05) is 26.4 Å². The highest BCUT2D eigenvalue weighted by atomic mass is 16.5. The topological polar surface area (TPSA) is 62.3 Å². The van der Waals surface area contributed by atoms with Crippen LogP contribution in [0, 0.1) is 0 Å². The molecule has 1 aromatic heterocycles. The number of ether oxygens (including phenoxy) is 2. The summed E-state index contributed by atoms with van der Waals surface area (Å²) in [5.41, 5.74) is 6.55. The maximum Gasteiger partial charge on any atom is 0.0949 e. The second kappa shape index (κ2) is 6.53. The third-order valence-corrected chi connectivity index (χ3v) is 1.92. The minimum atomic E-state index is 0.512. The summed E-state index contributed by atoms with van der Waals surface area (Å²) in [6.07, 6.45) is 3.54. The van der Waals surface area contributed by atoms with E-state index in [4.69, 9.17) is 15.2 Å². The number of aromatic nitrogens is 2. The van der Waals surface area contributed by atoms with E-state index < -0.39 is 0 Å². The molecule has 1 aromatic rings. The van der Waals surface area contributed by atoms with Crippen molar-refractivity contribution in [1.82, 2.24) is 9.55 Å². The monoisotopic (exact) mass is 199 g/mol. The molecule has 0 amide bonds. The van der Waals surface area contributed by atoms with E-state index in [9.17, 15) is 0 Å². The summed E-state index contributed by atoms with van der Waals surface area (Å²) < 4.78 is 12.2. The second-order valence-corrected chi connectivity index (χ2v) is 2.89. The van der Waals surface area contributed by atoms with Gasteiger partial charge in [-0.1, -0.05) is 0 Å². The van der Waals surface area contributed by atoms with Gasteiger partial charge in [-0.15, -0.1) is 0 Å². The standard InChI is InChI=1S/C9H17N3O2/c1-13-4-5-14-3-2-12-8-11-7-9(12)6-10/h7-8H,2-6,10H2,1H3. The Hall–Kier alpha value is -0.910. The van der Waals surface area contributed by atoms with Crippen LogP contribution in [-0.4, -0.2) is 36.5 Å². The third-order valence-electron chi connectivity index (χ3n) is 1.92. The van der Waals surface area contributed by atoms with E-state index in [2.05, 4.69) is 4.98 Å². The highest BCUT2D eigenvalue weighted by Gasteiger charge is 1.98. The van der Waals surface area contributed by atoms with Crippen molar-refractivity contribution in [2.75, 3.05) is 26.9 Å². The van der Waals surface area contributed by atoms with Gasteiger partial charge in [0.25, 0.3) is 0 Å². The zero-order valence-electron chi connectivity index (χ0n) is 8.48. The number of hydrogen-bond donors (Lipinski definition) is 1. The second-order valence-electron chi connectivity index (χ2n) is 2.89. The number of imidazole rings is 1. The Bertz CT molecular complexity index is 250. The Labute approximate surface area is 83.8 Å². The van der Waals surface area contributed by atoms with Crippen LogP contribution in [0.3, 0.4) is 0 Å². The molecule has 0 spiro atoms. The van der Waals surface area contributed by atoms with Crippen LogP contribution in [-0.2, 0) is 22.6 Å². The van der Waals surface area contributed by atoms with Crippen LogP contribution >= 0.6 is 0 Å². The fourth-order valence-electron chi connectivity index (χ4n) is 1.13. The first-order chi connectivity index (χ1) is 6.88. The van der Waals surface area contributed by atoms with Gasteiger partial charge in [0.1, 0.15) is 0 Å². The van der Waals surface area contributed by atoms with Gasteiger partial charge in [-0.05, 0) is 0 Å². The van der Waals surface area contributed by atoms with Gasteiger partial charge in [-0.25, -0.2) is 4.98 Å². The lowest BCUT2D eigenvalue weighted by Gasteiger charge is -2.06. The van der Waals surface area contributed by atoms with Crippen molar-refractivity contribution in [2.24, 2.45) is 5.73 Å². The Morgan fingerprint density at radius 2 is 2.29 bits per heavy atom. The molecule has 1 rings (SSSR count). The summed E-state index contributed by atoms with van der Waals surface area (Å²) in [6, 6.07) is 0. The van der Waals surface area contributed by atoms with Crippen LogP contribution < -0.4 is 5.73 Å². The Morgan fingerprint density at radius 3 is 3.00 bits per heavy atom. The number of nitrogens with zero attached hydrogens (tertiary/aromatic N) is 2. The summed E-state index contributed by atoms with van der Waals surface area (Å²) in [6.45, 7) is 3.22. The first-order valence-electron chi connectivity index (χ1n) is 4.64. The molecule has 0 aliphatic carbocycles. The molecule has 0 bridgehead atoms. The largest absolute Gasteiger partial charge is 0.382 e. The van der Waals surface area contributed by atoms with Crippen molar-refractivity contribution in [2.45, 2.75) is 13.1 Å². The lowest BCUT2D eigenvalue weighted by atomic mass is 10.4. The molecule has 5 heteroatoms. The molecule has 0 aromatic carbocycles. The first-order valence-corrected chi connectivity index (χ1v) is 4.64. The van der Waals surface area contributed by atoms with Gasteiger partial charge in [0.15, 0.2) is 0 Å². The van der Waals surface area contributed by atoms with Gasteiger partial charge in [-0.3, -0.25) is 0 Å². The molecule has 5 nitrogen and oxygen atoms in total. The molecule has 0 aliphatic heterocycles. The van der Waals surface area contributed by atoms with Crippen LogP contribution in [0.1, 0.15) is 5.69 Å². The lowest BCUT2D eigenvalue weighted by molar-refractivity contribution is 0.0663. The minimum absolute atomic E-state index is 0.512. The molecule has 0 unspecified atom stereocenters. The SMILES string of the molecule is COCCOCCn1cncc1CN. The summed E-state index contributed by atoms with van der Waals surface area (Å²) in [5, 5.41) is 0. The first kappa shape index (κ1) is 11.2. The van der Waals surface area contributed by atoms with Gasteiger partial charge in [-0.2, -0.15) is 0 Å². The van der Waals surface area contributed by atoms with E-state index in [-0.39, 0.29) is 0 Å². The molecule has 0 aliphatic rings. The van der Waals surface area contributed by atoms with E-state index >= 15 is 0 Å². The lowest BCUT2D eigenvalue weighted by Crippen LogP contribution is -2.12. The van der Waals surface area contributed by atoms with Crippen LogP contribution in [0.15, 0.2) is 12.5 Å². The van der Waals surface area contributed by atoms with Crippen molar-refractivity contribution < 1.29 is 9.47 Å². The smallest absolute Gasteiger partial charge is 0.0949 e. The summed E-state index contributed by atoms with van der Waals surface area (Å²) in [5.74, 6) is 0. The van der Waals surface area contributed by atoms with Crippen molar-refractivity contribution in [3.8, 4) is 0 Å². The van der Waals surface area contributed by atoms with E-state index in [1.165, 1.54) is 0 Å². The van der Waals surface area contributed by atoms with Crippen LogP contribution in [0.4, 0.5) is 0 Å². The number of rotatable bonds is 7. The van der Waals surface area contributed by atoms with Gasteiger partial charge in [0.05, 0.1) is 31.8 Å². The van der Waals surface area contributed by atoms with Gasteiger partial charge < -0.3 is 19.8 Å². The molecule has 2 N–H and O–H groups in total. The van der Waals surface area contributed by atoms with E-state index in [1.54, 1.807) is 19.6 Å². The maximum atomic E-state index is 5.53. The molecular weight excluding hydrogens is 182 g/mol. The normalized spacial score (nSPS) is 10.7.